The first-order valence-corrected chi connectivity index (χ1v) is 7.57. The van der Waals surface area contributed by atoms with Gasteiger partial charge < -0.3 is 10.2 Å². The Morgan fingerprint density at radius 2 is 2.17 bits per heavy atom. The van der Waals surface area contributed by atoms with Gasteiger partial charge in [0.2, 0.25) is 5.91 Å². The molecular formula is C15H28N2O. The van der Waals surface area contributed by atoms with Crippen LogP contribution in [-0.4, -0.2) is 36.5 Å². The fourth-order valence-corrected chi connectivity index (χ4v) is 2.93. The highest BCUT2D eigenvalue weighted by molar-refractivity contribution is 5.82. The van der Waals surface area contributed by atoms with Gasteiger partial charge in [0.15, 0.2) is 0 Å². The summed E-state index contributed by atoms with van der Waals surface area (Å²) in [5, 5.41) is 3.50. The lowest BCUT2D eigenvalue weighted by molar-refractivity contribution is -0.133. The van der Waals surface area contributed by atoms with Gasteiger partial charge >= 0.3 is 0 Å². The van der Waals surface area contributed by atoms with Crippen molar-refractivity contribution in [1.29, 1.82) is 0 Å². The smallest absolute Gasteiger partial charge is 0.226 e. The Bertz CT molecular complexity index is 295. The van der Waals surface area contributed by atoms with Gasteiger partial charge in [-0.2, -0.15) is 0 Å². The summed E-state index contributed by atoms with van der Waals surface area (Å²) in [6.07, 6.45) is 5.85. The van der Waals surface area contributed by atoms with E-state index in [1.807, 2.05) is 0 Å². The third-order valence-electron chi connectivity index (χ3n) is 4.51. The molecule has 2 unspecified atom stereocenters. The fraction of sp³-hybridized carbons (Fsp3) is 0.933. The maximum atomic E-state index is 12.5. The zero-order valence-corrected chi connectivity index (χ0v) is 12.2. The number of unbranched alkanes of at least 4 members (excludes halogenated alkanes) is 1. The standard InChI is InChI=1S/C15H28N2O/c1-4-5-9-17(11-12-7-6-8-16-12)14(18)13-10-15(13,2)3/h12-13,16H,4-11H2,1-3H3. The maximum Gasteiger partial charge on any atom is 0.226 e. The van der Waals surface area contributed by atoms with Crippen LogP contribution in [0.3, 0.4) is 0 Å². The summed E-state index contributed by atoms with van der Waals surface area (Å²) in [6, 6.07) is 0.535. The number of nitrogens with zero attached hydrogens (tertiary/aromatic N) is 1. The monoisotopic (exact) mass is 252 g/mol. The highest BCUT2D eigenvalue weighted by Gasteiger charge is 2.51. The molecule has 1 aliphatic carbocycles. The lowest BCUT2D eigenvalue weighted by atomic mass is 10.1. The van der Waals surface area contributed by atoms with Crippen molar-refractivity contribution in [3.05, 3.63) is 0 Å². The second-order valence-electron chi connectivity index (χ2n) is 6.68. The summed E-state index contributed by atoms with van der Waals surface area (Å²) in [5.74, 6) is 0.693. The average molecular weight is 252 g/mol. The van der Waals surface area contributed by atoms with Gasteiger partial charge in [0.05, 0.1) is 0 Å². The minimum atomic E-state index is 0.255. The molecule has 0 aromatic rings. The van der Waals surface area contributed by atoms with Crippen LogP contribution in [0.5, 0.6) is 0 Å². The topological polar surface area (TPSA) is 32.3 Å². The first-order valence-electron chi connectivity index (χ1n) is 7.57. The molecule has 1 aliphatic heterocycles. The van der Waals surface area contributed by atoms with Crippen LogP contribution in [0.25, 0.3) is 0 Å². The number of carbonyl (C=O) groups is 1. The molecule has 3 heteroatoms. The van der Waals surface area contributed by atoms with E-state index < -0.39 is 0 Å². The van der Waals surface area contributed by atoms with Gasteiger partial charge in [-0.25, -0.2) is 0 Å². The number of carbonyl (C=O) groups excluding carboxylic acids is 1. The molecule has 2 rings (SSSR count). The van der Waals surface area contributed by atoms with Gasteiger partial charge in [0, 0.05) is 25.0 Å². The highest BCUT2D eigenvalue weighted by Crippen LogP contribution is 2.52. The Balaban J connectivity index is 1.89. The second-order valence-corrected chi connectivity index (χ2v) is 6.68. The summed E-state index contributed by atoms with van der Waals surface area (Å²) in [5.41, 5.74) is 0.255. The molecule has 18 heavy (non-hydrogen) atoms. The van der Waals surface area contributed by atoms with Crippen LogP contribution in [0.4, 0.5) is 0 Å². The van der Waals surface area contributed by atoms with Crippen molar-refractivity contribution in [2.75, 3.05) is 19.6 Å². The molecule has 1 saturated carbocycles. The SMILES string of the molecule is CCCCN(CC1CCCN1)C(=O)C1CC1(C)C. The van der Waals surface area contributed by atoms with Gasteiger partial charge in [-0.1, -0.05) is 27.2 Å². The van der Waals surface area contributed by atoms with Gasteiger partial charge in [-0.3, -0.25) is 4.79 Å². The first kappa shape index (κ1) is 13.9. The molecule has 104 valence electrons. The first-order chi connectivity index (χ1) is 8.54. The quantitative estimate of drug-likeness (QED) is 0.787. The predicted octanol–water partition coefficient (Wildman–Crippen LogP) is 2.41. The van der Waals surface area contributed by atoms with E-state index in [0.717, 1.165) is 38.9 Å². The Labute approximate surface area is 111 Å². The second kappa shape index (κ2) is 5.60. The molecule has 0 aromatic carbocycles. The lowest BCUT2D eigenvalue weighted by Gasteiger charge is -2.26. The summed E-state index contributed by atoms with van der Waals surface area (Å²) in [6.45, 7) is 9.60. The molecule has 2 fully saturated rings. The lowest BCUT2D eigenvalue weighted by Crippen LogP contribution is -2.42. The molecule has 1 N–H and O–H groups in total. The molecule has 0 radical (unpaired) electrons. The van der Waals surface area contributed by atoms with E-state index in [1.165, 1.54) is 12.8 Å². The van der Waals surface area contributed by atoms with E-state index >= 15 is 0 Å². The van der Waals surface area contributed by atoms with Gasteiger partial charge in [0.1, 0.15) is 0 Å². The molecule has 1 saturated heterocycles. The van der Waals surface area contributed by atoms with Crippen molar-refractivity contribution >= 4 is 5.91 Å². The molecular weight excluding hydrogens is 224 g/mol. The molecule has 2 aliphatic rings. The molecule has 3 nitrogen and oxygen atoms in total. The predicted molar refractivity (Wildman–Crippen MR) is 74.4 cm³/mol. The molecule has 2 atom stereocenters. The summed E-state index contributed by atoms with van der Waals surface area (Å²) >= 11 is 0. The molecule has 1 heterocycles. The number of hydrogen-bond acceptors (Lipinski definition) is 2. The summed E-state index contributed by atoms with van der Waals surface area (Å²) in [7, 11) is 0. The van der Waals surface area contributed by atoms with Crippen LogP contribution in [0.15, 0.2) is 0 Å². The van der Waals surface area contributed by atoms with Gasteiger partial charge in [-0.05, 0) is 37.6 Å². The minimum absolute atomic E-state index is 0.255. The van der Waals surface area contributed by atoms with Crippen LogP contribution >= 0.6 is 0 Å². The summed E-state index contributed by atoms with van der Waals surface area (Å²) in [4.78, 5) is 14.6. The van der Waals surface area contributed by atoms with E-state index in [0.29, 0.717) is 11.9 Å². The van der Waals surface area contributed by atoms with E-state index in [-0.39, 0.29) is 11.3 Å². The van der Waals surface area contributed by atoms with Crippen LogP contribution in [0, 0.1) is 11.3 Å². The third kappa shape index (κ3) is 3.25. The number of amides is 1. The number of hydrogen-bond donors (Lipinski definition) is 1. The zero-order chi connectivity index (χ0) is 13.2. The van der Waals surface area contributed by atoms with Crippen molar-refractivity contribution in [3.8, 4) is 0 Å². The van der Waals surface area contributed by atoms with Crippen molar-refractivity contribution in [1.82, 2.24) is 10.2 Å². The third-order valence-corrected chi connectivity index (χ3v) is 4.51. The number of nitrogens with one attached hydrogen (secondary N) is 1. The Morgan fingerprint density at radius 3 is 2.67 bits per heavy atom. The van der Waals surface area contributed by atoms with Gasteiger partial charge in [-0.15, -0.1) is 0 Å². The Hall–Kier alpha value is -0.570. The highest BCUT2D eigenvalue weighted by atomic mass is 16.2. The number of rotatable bonds is 6. The molecule has 1 amide bonds. The van der Waals surface area contributed by atoms with E-state index in [9.17, 15) is 4.79 Å². The normalized spacial score (nSPS) is 29.3. The molecule has 0 aromatic heterocycles. The van der Waals surface area contributed by atoms with E-state index in [2.05, 4.69) is 31.0 Å². The Morgan fingerprint density at radius 1 is 1.44 bits per heavy atom. The maximum absolute atomic E-state index is 12.5. The van der Waals surface area contributed by atoms with E-state index in [4.69, 9.17) is 0 Å². The van der Waals surface area contributed by atoms with Crippen LogP contribution < -0.4 is 5.32 Å². The largest absolute Gasteiger partial charge is 0.341 e. The minimum Gasteiger partial charge on any atom is -0.341 e. The molecule has 0 spiro atoms. The van der Waals surface area contributed by atoms with Crippen molar-refractivity contribution in [3.63, 3.8) is 0 Å². The average Bonchev–Trinajstić information content (AvgIpc) is 2.77. The van der Waals surface area contributed by atoms with Crippen molar-refractivity contribution in [2.24, 2.45) is 11.3 Å². The Kier molecular flexibility index (Phi) is 4.31. The van der Waals surface area contributed by atoms with Crippen LogP contribution in [0.1, 0.15) is 52.9 Å². The van der Waals surface area contributed by atoms with E-state index in [1.54, 1.807) is 0 Å². The summed E-state index contributed by atoms with van der Waals surface area (Å²) < 4.78 is 0. The van der Waals surface area contributed by atoms with Crippen molar-refractivity contribution < 1.29 is 4.79 Å². The fourth-order valence-electron chi connectivity index (χ4n) is 2.93. The molecule has 0 bridgehead atoms. The zero-order valence-electron chi connectivity index (χ0n) is 12.2. The van der Waals surface area contributed by atoms with Gasteiger partial charge in [0.25, 0.3) is 0 Å². The van der Waals surface area contributed by atoms with Crippen LogP contribution in [0.2, 0.25) is 0 Å². The van der Waals surface area contributed by atoms with Crippen LogP contribution in [-0.2, 0) is 4.79 Å². The van der Waals surface area contributed by atoms with Crippen molar-refractivity contribution in [2.45, 2.75) is 58.9 Å².